The maximum Gasteiger partial charge on any atom is 0.0772 e. The van der Waals surface area contributed by atoms with Crippen LogP contribution < -0.4 is 5.32 Å². The molecule has 1 rings (SSSR count). The van der Waals surface area contributed by atoms with Crippen LogP contribution >= 0.6 is 0 Å². The van der Waals surface area contributed by atoms with Crippen molar-refractivity contribution >= 4 is 0 Å². The monoisotopic (exact) mass is 219 g/mol. The SMILES string of the molecule is C[C@@H](NC/C=C\C(C)(C)O)c1ccccc1. The van der Waals surface area contributed by atoms with Gasteiger partial charge in [0.1, 0.15) is 0 Å². The zero-order valence-corrected chi connectivity index (χ0v) is 10.3. The molecule has 0 unspecified atom stereocenters. The third-order valence-corrected chi connectivity index (χ3v) is 2.37. The Morgan fingerprint density at radius 3 is 2.50 bits per heavy atom. The second-order valence-corrected chi connectivity index (χ2v) is 4.60. The molecule has 88 valence electrons. The Bertz CT molecular complexity index is 324. The van der Waals surface area contributed by atoms with E-state index in [4.69, 9.17) is 0 Å². The van der Waals surface area contributed by atoms with Gasteiger partial charge in [-0.05, 0) is 26.3 Å². The highest BCUT2D eigenvalue weighted by Gasteiger charge is 2.06. The molecule has 2 N–H and O–H groups in total. The van der Waals surface area contributed by atoms with Crippen molar-refractivity contribution in [2.75, 3.05) is 6.54 Å². The smallest absolute Gasteiger partial charge is 0.0772 e. The van der Waals surface area contributed by atoms with Crippen molar-refractivity contribution in [2.45, 2.75) is 32.4 Å². The highest BCUT2D eigenvalue weighted by molar-refractivity contribution is 5.18. The van der Waals surface area contributed by atoms with Gasteiger partial charge in [-0.25, -0.2) is 0 Å². The van der Waals surface area contributed by atoms with E-state index in [0.717, 1.165) is 6.54 Å². The van der Waals surface area contributed by atoms with E-state index in [-0.39, 0.29) is 0 Å². The van der Waals surface area contributed by atoms with Gasteiger partial charge in [0.05, 0.1) is 5.60 Å². The van der Waals surface area contributed by atoms with Crippen molar-refractivity contribution in [1.82, 2.24) is 5.32 Å². The number of hydrogen-bond acceptors (Lipinski definition) is 2. The van der Waals surface area contributed by atoms with Crippen molar-refractivity contribution in [1.29, 1.82) is 0 Å². The average molecular weight is 219 g/mol. The van der Waals surface area contributed by atoms with Crippen LogP contribution in [0.2, 0.25) is 0 Å². The maximum atomic E-state index is 9.49. The molecule has 0 aromatic heterocycles. The normalized spacial score (nSPS) is 14.2. The Morgan fingerprint density at radius 1 is 1.31 bits per heavy atom. The summed E-state index contributed by atoms with van der Waals surface area (Å²) in [5.74, 6) is 0. The summed E-state index contributed by atoms with van der Waals surface area (Å²) in [6, 6.07) is 10.6. The van der Waals surface area contributed by atoms with Crippen LogP contribution in [0.4, 0.5) is 0 Å². The van der Waals surface area contributed by atoms with Crippen LogP contribution in [0.25, 0.3) is 0 Å². The summed E-state index contributed by atoms with van der Waals surface area (Å²) >= 11 is 0. The van der Waals surface area contributed by atoms with Crippen molar-refractivity contribution in [3.63, 3.8) is 0 Å². The maximum absolute atomic E-state index is 9.49. The molecular weight excluding hydrogens is 198 g/mol. The minimum Gasteiger partial charge on any atom is -0.386 e. The summed E-state index contributed by atoms with van der Waals surface area (Å²) < 4.78 is 0. The first-order chi connectivity index (χ1) is 7.49. The minimum atomic E-state index is -0.725. The van der Waals surface area contributed by atoms with Crippen LogP contribution in [0.15, 0.2) is 42.5 Å². The van der Waals surface area contributed by atoms with Gasteiger partial charge in [-0.2, -0.15) is 0 Å². The first kappa shape index (κ1) is 12.9. The van der Waals surface area contributed by atoms with E-state index in [9.17, 15) is 5.11 Å². The molecule has 0 fully saturated rings. The van der Waals surface area contributed by atoms with Crippen molar-refractivity contribution in [2.24, 2.45) is 0 Å². The first-order valence-electron chi connectivity index (χ1n) is 5.67. The summed E-state index contributed by atoms with van der Waals surface area (Å²) in [4.78, 5) is 0. The van der Waals surface area contributed by atoms with Crippen molar-refractivity contribution < 1.29 is 5.11 Å². The molecular formula is C14H21NO. The summed E-state index contributed by atoms with van der Waals surface area (Å²) in [6.07, 6.45) is 3.76. The lowest BCUT2D eigenvalue weighted by molar-refractivity contribution is 0.133. The fourth-order valence-corrected chi connectivity index (χ4v) is 1.45. The largest absolute Gasteiger partial charge is 0.386 e. The van der Waals surface area contributed by atoms with Gasteiger partial charge in [-0.3, -0.25) is 0 Å². The van der Waals surface area contributed by atoms with Gasteiger partial charge in [0.15, 0.2) is 0 Å². The summed E-state index contributed by atoms with van der Waals surface area (Å²) in [5, 5.41) is 12.9. The molecule has 0 spiro atoms. The number of benzene rings is 1. The zero-order valence-electron chi connectivity index (χ0n) is 10.3. The molecule has 2 nitrogen and oxygen atoms in total. The Balaban J connectivity index is 2.37. The van der Waals surface area contributed by atoms with Crippen LogP contribution in [-0.2, 0) is 0 Å². The van der Waals surface area contributed by atoms with E-state index < -0.39 is 5.60 Å². The number of hydrogen-bond donors (Lipinski definition) is 2. The molecule has 0 heterocycles. The molecule has 0 aliphatic rings. The van der Waals surface area contributed by atoms with E-state index in [1.165, 1.54) is 5.56 Å². The second-order valence-electron chi connectivity index (χ2n) is 4.60. The number of rotatable bonds is 5. The third kappa shape index (κ3) is 5.10. The highest BCUT2D eigenvalue weighted by atomic mass is 16.3. The molecule has 0 amide bonds. The average Bonchev–Trinajstić information content (AvgIpc) is 2.24. The molecule has 0 aliphatic carbocycles. The fraction of sp³-hybridized carbons (Fsp3) is 0.429. The first-order valence-corrected chi connectivity index (χ1v) is 5.67. The number of nitrogens with one attached hydrogen (secondary N) is 1. The molecule has 0 bridgehead atoms. The Morgan fingerprint density at radius 2 is 1.94 bits per heavy atom. The summed E-state index contributed by atoms with van der Waals surface area (Å²) in [7, 11) is 0. The van der Waals surface area contributed by atoms with E-state index in [0.29, 0.717) is 6.04 Å². The van der Waals surface area contributed by atoms with Crippen LogP contribution in [0, 0.1) is 0 Å². The molecule has 1 atom stereocenters. The topological polar surface area (TPSA) is 32.3 Å². The Hall–Kier alpha value is -1.12. The standard InChI is InChI=1S/C14H21NO/c1-12(13-8-5-4-6-9-13)15-11-7-10-14(2,3)16/h4-10,12,15-16H,11H2,1-3H3/b10-7-/t12-/m1/s1. The van der Waals surface area contributed by atoms with E-state index in [1.54, 1.807) is 19.9 Å². The predicted octanol–water partition coefficient (Wildman–Crippen LogP) is 2.66. The fourth-order valence-electron chi connectivity index (χ4n) is 1.45. The predicted molar refractivity (Wildman–Crippen MR) is 68.3 cm³/mol. The van der Waals surface area contributed by atoms with Crippen molar-refractivity contribution in [3.05, 3.63) is 48.0 Å². The van der Waals surface area contributed by atoms with Crippen molar-refractivity contribution in [3.8, 4) is 0 Å². The molecule has 16 heavy (non-hydrogen) atoms. The van der Waals surface area contributed by atoms with Gasteiger partial charge in [0, 0.05) is 12.6 Å². The second kappa shape index (κ2) is 5.83. The van der Waals surface area contributed by atoms with E-state index in [2.05, 4.69) is 24.4 Å². The molecule has 2 heteroatoms. The summed E-state index contributed by atoms with van der Waals surface area (Å²) in [6.45, 7) is 6.43. The quantitative estimate of drug-likeness (QED) is 0.746. The van der Waals surface area contributed by atoms with E-state index >= 15 is 0 Å². The van der Waals surface area contributed by atoms with Gasteiger partial charge < -0.3 is 10.4 Å². The van der Waals surface area contributed by atoms with E-state index in [1.807, 2.05) is 24.3 Å². The molecule has 0 radical (unpaired) electrons. The van der Waals surface area contributed by atoms with Gasteiger partial charge >= 0.3 is 0 Å². The van der Waals surface area contributed by atoms with Gasteiger partial charge in [-0.15, -0.1) is 0 Å². The van der Waals surface area contributed by atoms with Crippen LogP contribution in [0.5, 0.6) is 0 Å². The lowest BCUT2D eigenvalue weighted by Gasteiger charge is -2.14. The minimum absolute atomic E-state index is 0.327. The zero-order chi connectivity index (χ0) is 12.0. The molecule has 1 aromatic carbocycles. The van der Waals surface area contributed by atoms with Gasteiger partial charge in [0.2, 0.25) is 0 Å². The lowest BCUT2D eigenvalue weighted by Crippen LogP contribution is -2.20. The molecule has 1 aromatic rings. The molecule has 0 saturated heterocycles. The highest BCUT2D eigenvalue weighted by Crippen LogP contribution is 2.10. The van der Waals surface area contributed by atoms with Gasteiger partial charge in [0.25, 0.3) is 0 Å². The lowest BCUT2D eigenvalue weighted by atomic mass is 10.1. The Kier molecular flexibility index (Phi) is 4.71. The molecule has 0 saturated carbocycles. The van der Waals surface area contributed by atoms with Gasteiger partial charge in [-0.1, -0.05) is 42.5 Å². The van der Waals surface area contributed by atoms with Crippen LogP contribution in [-0.4, -0.2) is 17.3 Å². The third-order valence-electron chi connectivity index (χ3n) is 2.37. The van der Waals surface area contributed by atoms with Crippen LogP contribution in [0.1, 0.15) is 32.4 Å². The molecule has 0 aliphatic heterocycles. The Labute approximate surface area is 98.0 Å². The van der Waals surface area contributed by atoms with Crippen LogP contribution in [0.3, 0.4) is 0 Å². The number of aliphatic hydroxyl groups is 1. The summed E-state index contributed by atoms with van der Waals surface area (Å²) in [5.41, 5.74) is 0.552.